The summed E-state index contributed by atoms with van der Waals surface area (Å²) < 4.78 is 28.2. The molecule has 1 aromatic heterocycles. The highest BCUT2D eigenvalue weighted by molar-refractivity contribution is 7.91. The molecule has 2 N–H and O–H groups in total. The lowest BCUT2D eigenvalue weighted by molar-refractivity contribution is 0.492. The van der Waals surface area contributed by atoms with Crippen molar-refractivity contribution in [3.05, 3.63) is 51.4 Å². The van der Waals surface area contributed by atoms with Gasteiger partial charge in [-0.2, -0.15) is 0 Å². The first-order chi connectivity index (χ1) is 10.5. The van der Waals surface area contributed by atoms with E-state index in [1.54, 1.807) is 13.0 Å². The van der Waals surface area contributed by atoms with E-state index in [4.69, 9.17) is 11.6 Å². The van der Waals surface area contributed by atoms with Crippen LogP contribution in [0, 0.1) is 6.92 Å². The molecule has 1 aliphatic rings. The SMILES string of the molecule is Cc1cc(S(=O)(=O)NCC2NCCc3ccccc32)sc1Cl.Cl. The van der Waals surface area contributed by atoms with E-state index in [0.717, 1.165) is 35.4 Å². The Morgan fingerprint density at radius 2 is 2.13 bits per heavy atom. The van der Waals surface area contributed by atoms with Crippen molar-refractivity contribution in [1.82, 2.24) is 10.0 Å². The van der Waals surface area contributed by atoms with Crippen molar-refractivity contribution >= 4 is 45.4 Å². The number of halogens is 2. The molecule has 1 unspecified atom stereocenters. The summed E-state index contributed by atoms with van der Waals surface area (Å²) in [5.41, 5.74) is 3.23. The van der Waals surface area contributed by atoms with E-state index in [-0.39, 0.29) is 22.7 Å². The van der Waals surface area contributed by atoms with E-state index in [1.165, 1.54) is 5.56 Å². The zero-order valence-corrected chi connectivity index (χ0v) is 15.7. The van der Waals surface area contributed by atoms with Crippen LogP contribution in [0.25, 0.3) is 0 Å². The Balaban J connectivity index is 0.00000192. The van der Waals surface area contributed by atoms with E-state index in [2.05, 4.69) is 16.1 Å². The van der Waals surface area contributed by atoms with Gasteiger partial charge in [0, 0.05) is 12.6 Å². The molecule has 4 nitrogen and oxygen atoms in total. The molecule has 0 bridgehead atoms. The van der Waals surface area contributed by atoms with Crippen molar-refractivity contribution in [3.8, 4) is 0 Å². The number of fused-ring (bicyclic) bond motifs is 1. The van der Waals surface area contributed by atoms with Crippen LogP contribution < -0.4 is 10.0 Å². The third-order valence-electron chi connectivity index (χ3n) is 3.79. The van der Waals surface area contributed by atoms with Crippen molar-refractivity contribution in [2.45, 2.75) is 23.6 Å². The van der Waals surface area contributed by atoms with Gasteiger partial charge in [-0.3, -0.25) is 0 Å². The number of nitrogens with one attached hydrogen (secondary N) is 2. The molecule has 1 aromatic carbocycles. The number of benzene rings is 1. The summed E-state index contributed by atoms with van der Waals surface area (Å²) in [5, 5.41) is 3.37. The molecule has 0 saturated carbocycles. The monoisotopic (exact) mass is 392 g/mol. The van der Waals surface area contributed by atoms with Gasteiger partial charge in [-0.05, 0) is 42.6 Å². The molecule has 2 heterocycles. The van der Waals surface area contributed by atoms with Gasteiger partial charge < -0.3 is 5.32 Å². The van der Waals surface area contributed by atoms with Crippen molar-refractivity contribution in [1.29, 1.82) is 0 Å². The molecule has 126 valence electrons. The lowest BCUT2D eigenvalue weighted by Crippen LogP contribution is -2.38. The highest BCUT2D eigenvalue weighted by Crippen LogP contribution is 2.30. The predicted octanol–water partition coefficient (Wildman–Crippen LogP) is 3.30. The Morgan fingerprint density at radius 3 is 2.83 bits per heavy atom. The van der Waals surface area contributed by atoms with E-state index in [1.807, 2.05) is 18.2 Å². The lowest BCUT2D eigenvalue weighted by Gasteiger charge is -2.27. The third kappa shape index (κ3) is 4.07. The van der Waals surface area contributed by atoms with Gasteiger partial charge in [-0.25, -0.2) is 13.1 Å². The Bertz CT molecular complexity index is 771. The van der Waals surface area contributed by atoms with E-state index < -0.39 is 10.0 Å². The fraction of sp³-hybridized carbons (Fsp3) is 0.333. The maximum absolute atomic E-state index is 12.4. The van der Waals surface area contributed by atoms with Gasteiger partial charge >= 0.3 is 0 Å². The van der Waals surface area contributed by atoms with Gasteiger partial charge in [-0.15, -0.1) is 23.7 Å². The Labute approximate surface area is 151 Å². The maximum Gasteiger partial charge on any atom is 0.250 e. The van der Waals surface area contributed by atoms with Crippen LogP contribution in [0.3, 0.4) is 0 Å². The zero-order valence-electron chi connectivity index (χ0n) is 12.5. The summed E-state index contributed by atoms with van der Waals surface area (Å²) in [6.07, 6.45) is 0.971. The molecule has 0 amide bonds. The van der Waals surface area contributed by atoms with Crippen LogP contribution in [-0.4, -0.2) is 21.5 Å². The van der Waals surface area contributed by atoms with Crippen molar-refractivity contribution in [3.63, 3.8) is 0 Å². The largest absolute Gasteiger partial charge is 0.308 e. The maximum atomic E-state index is 12.4. The number of hydrogen-bond acceptors (Lipinski definition) is 4. The van der Waals surface area contributed by atoms with Crippen molar-refractivity contribution in [2.75, 3.05) is 13.1 Å². The van der Waals surface area contributed by atoms with Gasteiger partial charge in [-0.1, -0.05) is 35.9 Å². The second kappa shape index (κ2) is 7.51. The lowest BCUT2D eigenvalue weighted by atomic mass is 9.95. The van der Waals surface area contributed by atoms with E-state index >= 15 is 0 Å². The van der Waals surface area contributed by atoms with Gasteiger partial charge in [0.15, 0.2) is 0 Å². The summed E-state index contributed by atoms with van der Waals surface area (Å²) in [4.78, 5) is 0. The van der Waals surface area contributed by atoms with Crippen LogP contribution in [0.15, 0.2) is 34.5 Å². The molecule has 8 heteroatoms. The van der Waals surface area contributed by atoms with E-state index in [9.17, 15) is 8.42 Å². The first kappa shape index (κ1) is 18.7. The molecule has 3 rings (SSSR count). The quantitative estimate of drug-likeness (QED) is 0.838. The Kier molecular flexibility index (Phi) is 6.10. The predicted molar refractivity (Wildman–Crippen MR) is 97.4 cm³/mol. The van der Waals surface area contributed by atoms with Crippen LogP contribution in [-0.2, 0) is 16.4 Å². The smallest absolute Gasteiger partial charge is 0.250 e. The standard InChI is InChI=1S/C15H17ClN2O2S2.ClH/c1-10-8-14(21-15(10)16)22(19,20)18-9-13-12-5-3-2-4-11(12)6-7-17-13;/h2-5,8,13,17-18H,6-7,9H2,1H3;1H. The van der Waals surface area contributed by atoms with Crippen LogP contribution in [0.5, 0.6) is 0 Å². The molecule has 0 saturated heterocycles. The second-order valence-electron chi connectivity index (χ2n) is 5.33. The van der Waals surface area contributed by atoms with Crippen LogP contribution in [0.1, 0.15) is 22.7 Å². The molecule has 1 atom stereocenters. The molecular formula is C15H18Cl2N2O2S2. The molecular weight excluding hydrogens is 375 g/mol. The first-order valence-corrected chi connectivity index (χ1v) is 9.72. The van der Waals surface area contributed by atoms with Crippen LogP contribution in [0.4, 0.5) is 0 Å². The zero-order chi connectivity index (χ0) is 15.7. The molecule has 2 aromatic rings. The molecule has 1 aliphatic heterocycles. The highest BCUT2D eigenvalue weighted by atomic mass is 35.5. The number of hydrogen-bond donors (Lipinski definition) is 2. The Morgan fingerprint density at radius 1 is 1.39 bits per heavy atom. The topological polar surface area (TPSA) is 58.2 Å². The van der Waals surface area contributed by atoms with Gasteiger partial charge in [0.1, 0.15) is 4.21 Å². The number of thiophene rings is 1. The minimum atomic E-state index is -3.52. The summed E-state index contributed by atoms with van der Waals surface area (Å²) in [7, 11) is -3.52. The molecule has 0 radical (unpaired) electrons. The van der Waals surface area contributed by atoms with Crippen molar-refractivity contribution < 1.29 is 8.42 Å². The minimum Gasteiger partial charge on any atom is -0.308 e. The van der Waals surface area contributed by atoms with E-state index in [0.29, 0.717) is 10.9 Å². The fourth-order valence-corrected chi connectivity index (χ4v) is 5.40. The summed E-state index contributed by atoms with van der Waals surface area (Å²) in [5.74, 6) is 0. The number of sulfonamides is 1. The number of aryl methyl sites for hydroxylation is 1. The summed E-state index contributed by atoms with van der Waals surface area (Å²) in [6.45, 7) is 2.98. The average Bonchev–Trinajstić information content (AvgIpc) is 2.85. The van der Waals surface area contributed by atoms with Crippen molar-refractivity contribution in [2.24, 2.45) is 0 Å². The highest BCUT2D eigenvalue weighted by Gasteiger charge is 2.23. The van der Waals surface area contributed by atoms with Crippen LogP contribution >= 0.6 is 35.3 Å². The number of rotatable bonds is 4. The summed E-state index contributed by atoms with van der Waals surface area (Å²) in [6, 6.07) is 9.75. The third-order valence-corrected chi connectivity index (χ3v) is 7.24. The molecule has 0 spiro atoms. The molecule has 23 heavy (non-hydrogen) atoms. The first-order valence-electron chi connectivity index (χ1n) is 7.04. The van der Waals surface area contributed by atoms with Gasteiger partial charge in [0.25, 0.3) is 0 Å². The average molecular weight is 393 g/mol. The van der Waals surface area contributed by atoms with Gasteiger partial charge in [0.2, 0.25) is 10.0 Å². The normalized spacial score (nSPS) is 17.4. The summed E-state index contributed by atoms with van der Waals surface area (Å²) >= 11 is 7.05. The Hall–Kier alpha value is -0.630. The molecule has 0 aliphatic carbocycles. The van der Waals surface area contributed by atoms with Crippen LogP contribution in [0.2, 0.25) is 4.34 Å². The van der Waals surface area contributed by atoms with Gasteiger partial charge in [0.05, 0.1) is 4.34 Å². The second-order valence-corrected chi connectivity index (χ2v) is 8.98. The fourth-order valence-electron chi connectivity index (χ4n) is 2.60. The minimum absolute atomic E-state index is 0. The molecule has 0 fully saturated rings.